The van der Waals surface area contributed by atoms with Crippen molar-refractivity contribution in [3.05, 3.63) is 16.4 Å². The molecule has 0 bridgehead atoms. The van der Waals surface area contributed by atoms with Crippen molar-refractivity contribution in [3.63, 3.8) is 0 Å². The molecule has 0 fully saturated rings. The van der Waals surface area contributed by atoms with Gasteiger partial charge in [-0.3, -0.25) is 4.68 Å². The first-order chi connectivity index (χ1) is 6.50. The third kappa shape index (κ3) is 3.10. The quantitative estimate of drug-likeness (QED) is 0.902. The van der Waals surface area contributed by atoms with E-state index in [2.05, 4.69) is 60.2 Å². The van der Waals surface area contributed by atoms with Gasteiger partial charge in [-0.15, -0.1) is 0 Å². The third-order valence-corrected chi connectivity index (χ3v) is 2.65. The maximum absolute atomic E-state index is 4.38. The summed E-state index contributed by atoms with van der Waals surface area (Å²) < 4.78 is 2.92. The minimum absolute atomic E-state index is 0.416. The van der Waals surface area contributed by atoms with Crippen LogP contribution in [0, 0.1) is 0 Å². The van der Waals surface area contributed by atoms with Crippen LogP contribution in [0.1, 0.15) is 39.3 Å². The van der Waals surface area contributed by atoms with E-state index >= 15 is 0 Å². The fourth-order valence-electron chi connectivity index (χ4n) is 1.10. The molecule has 0 aliphatic heterocycles. The second kappa shape index (κ2) is 4.94. The lowest BCUT2D eigenvalue weighted by Crippen LogP contribution is -2.21. The fourth-order valence-corrected chi connectivity index (χ4v) is 1.53. The molecule has 0 aromatic carbocycles. The SMILES string of the molecule is CC(C)NCc1cn(C(C)C)nc1Br. The molecule has 0 atom stereocenters. The maximum atomic E-state index is 4.38. The Kier molecular flexibility index (Phi) is 4.13. The number of rotatable bonds is 4. The van der Waals surface area contributed by atoms with E-state index in [1.54, 1.807) is 0 Å². The Balaban J connectivity index is 2.67. The van der Waals surface area contributed by atoms with Gasteiger partial charge in [0, 0.05) is 30.4 Å². The van der Waals surface area contributed by atoms with E-state index in [-0.39, 0.29) is 0 Å². The topological polar surface area (TPSA) is 29.9 Å². The van der Waals surface area contributed by atoms with Crippen LogP contribution >= 0.6 is 15.9 Å². The molecule has 0 spiro atoms. The molecular formula is C10H18BrN3. The number of nitrogens with one attached hydrogen (secondary N) is 1. The van der Waals surface area contributed by atoms with Crippen LogP contribution in [-0.2, 0) is 6.54 Å². The highest BCUT2D eigenvalue weighted by Gasteiger charge is 2.08. The Morgan fingerprint density at radius 2 is 2.07 bits per heavy atom. The van der Waals surface area contributed by atoms with Gasteiger partial charge in [-0.2, -0.15) is 5.10 Å². The fraction of sp³-hybridized carbons (Fsp3) is 0.700. The highest BCUT2D eigenvalue weighted by atomic mass is 79.9. The normalized spacial score (nSPS) is 11.6. The average molecular weight is 260 g/mol. The van der Waals surface area contributed by atoms with Gasteiger partial charge >= 0.3 is 0 Å². The van der Waals surface area contributed by atoms with Gasteiger partial charge in [-0.25, -0.2) is 0 Å². The Morgan fingerprint density at radius 1 is 1.43 bits per heavy atom. The van der Waals surface area contributed by atoms with Crippen molar-refractivity contribution in [3.8, 4) is 0 Å². The Bertz CT molecular complexity index is 292. The van der Waals surface area contributed by atoms with Crippen LogP contribution < -0.4 is 5.32 Å². The van der Waals surface area contributed by atoms with Crippen molar-refractivity contribution >= 4 is 15.9 Å². The third-order valence-electron chi connectivity index (χ3n) is 1.99. The summed E-state index contributed by atoms with van der Waals surface area (Å²) in [5, 5.41) is 7.75. The molecule has 0 radical (unpaired) electrons. The van der Waals surface area contributed by atoms with Gasteiger partial charge in [0.15, 0.2) is 0 Å². The summed E-state index contributed by atoms with van der Waals surface area (Å²) in [5.41, 5.74) is 1.22. The molecule has 14 heavy (non-hydrogen) atoms. The lowest BCUT2D eigenvalue weighted by Gasteiger charge is -2.06. The largest absolute Gasteiger partial charge is 0.310 e. The minimum Gasteiger partial charge on any atom is -0.310 e. The van der Waals surface area contributed by atoms with Crippen molar-refractivity contribution in [2.24, 2.45) is 0 Å². The minimum atomic E-state index is 0.416. The van der Waals surface area contributed by atoms with Gasteiger partial charge in [0.2, 0.25) is 0 Å². The van der Waals surface area contributed by atoms with E-state index in [0.29, 0.717) is 12.1 Å². The number of hydrogen-bond acceptors (Lipinski definition) is 2. The maximum Gasteiger partial charge on any atom is 0.132 e. The van der Waals surface area contributed by atoms with E-state index in [9.17, 15) is 0 Å². The lowest BCUT2D eigenvalue weighted by atomic mass is 10.3. The molecule has 0 saturated carbocycles. The Hall–Kier alpha value is -0.350. The standard InChI is InChI=1S/C10H18BrN3/c1-7(2)12-5-9-6-14(8(3)4)13-10(9)11/h6-8,12H,5H2,1-4H3. The molecule has 3 nitrogen and oxygen atoms in total. The lowest BCUT2D eigenvalue weighted by molar-refractivity contribution is 0.528. The summed E-state index contributed by atoms with van der Waals surface area (Å²) in [7, 11) is 0. The van der Waals surface area contributed by atoms with Crippen LogP contribution in [0.15, 0.2) is 10.8 Å². The van der Waals surface area contributed by atoms with Crippen LogP contribution in [0.2, 0.25) is 0 Å². The average Bonchev–Trinajstić information content (AvgIpc) is 2.43. The molecule has 1 aromatic rings. The van der Waals surface area contributed by atoms with Crippen LogP contribution in [0.3, 0.4) is 0 Å². The highest BCUT2D eigenvalue weighted by Crippen LogP contribution is 2.16. The van der Waals surface area contributed by atoms with Crippen molar-refractivity contribution in [1.29, 1.82) is 0 Å². The molecule has 4 heteroatoms. The second-order valence-corrected chi connectivity index (χ2v) is 4.81. The molecule has 0 aliphatic rings. The predicted molar refractivity (Wildman–Crippen MR) is 62.3 cm³/mol. The monoisotopic (exact) mass is 259 g/mol. The van der Waals surface area contributed by atoms with Crippen molar-refractivity contribution in [1.82, 2.24) is 15.1 Å². The number of halogens is 1. The summed E-state index contributed by atoms with van der Waals surface area (Å²) >= 11 is 3.46. The Morgan fingerprint density at radius 3 is 2.50 bits per heavy atom. The zero-order chi connectivity index (χ0) is 10.7. The predicted octanol–water partition coefficient (Wildman–Crippen LogP) is 2.72. The van der Waals surface area contributed by atoms with Crippen LogP contribution in [-0.4, -0.2) is 15.8 Å². The van der Waals surface area contributed by atoms with E-state index in [1.807, 2.05) is 4.68 Å². The first-order valence-corrected chi connectivity index (χ1v) is 5.77. The molecule has 1 heterocycles. The molecule has 0 amide bonds. The van der Waals surface area contributed by atoms with E-state index in [1.165, 1.54) is 5.56 Å². The smallest absolute Gasteiger partial charge is 0.132 e. The second-order valence-electron chi connectivity index (χ2n) is 4.05. The van der Waals surface area contributed by atoms with Gasteiger partial charge < -0.3 is 5.32 Å². The van der Waals surface area contributed by atoms with Gasteiger partial charge in [0.1, 0.15) is 4.60 Å². The van der Waals surface area contributed by atoms with E-state index < -0.39 is 0 Å². The number of nitrogens with zero attached hydrogens (tertiary/aromatic N) is 2. The van der Waals surface area contributed by atoms with Crippen LogP contribution in [0.25, 0.3) is 0 Å². The first-order valence-electron chi connectivity index (χ1n) is 4.97. The zero-order valence-electron chi connectivity index (χ0n) is 9.21. The zero-order valence-corrected chi connectivity index (χ0v) is 10.8. The molecular weight excluding hydrogens is 242 g/mol. The van der Waals surface area contributed by atoms with Gasteiger partial charge in [-0.1, -0.05) is 13.8 Å². The molecule has 1 rings (SSSR count). The van der Waals surface area contributed by atoms with Gasteiger partial charge in [0.25, 0.3) is 0 Å². The molecule has 0 aliphatic carbocycles. The summed E-state index contributed by atoms with van der Waals surface area (Å²) in [6.07, 6.45) is 2.09. The summed E-state index contributed by atoms with van der Waals surface area (Å²) in [4.78, 5) is 0. The molecule has 0 unspecified atom stereocenters. The van der Waals surface area contributed by atoms with Crippen LogP contribution in [0.5, 0.6) is 0 Å². The number of hydrogen-bond donors (Lipinski definition) is 1. The Labute approximate surface area is 94.0 Å². The van der Waals surface area contributed by atoms with Gasteiger partial charge in [-0.05, 0) is 29.8 Å². The molecule has 1 aromatic heterocycles. The van der Waals surface area contributed by atoms with Gasteiger partial charge in [0.05, 0.1) is 0 Å². The molecule has 0 saturated heterocycles. The van der Waals surface area contributed by atoms with E-state index in [4.69, 9.17) is 0 Å². The van der Waals surface area contributed by atoms with Crippen molar-refractivity contribution in [2.75, 3.05) is 0 Å². The van der Waals surface area contributed by atoms with Crippen molar-refractivity contribution in [2.45, 2.75) is 46.3 Å². The molecule has 1 N–H and O–H groups in total. The van der Waals surface area contributed by atoms with E-state index in [0.717, 1.165) is 11.1 Å². The summed E-state index contributed by atoms with van der Waals surface area (Å²) in [6.45, 7) is 9.39. The van der Waals surface area contributed by atoms with Crippen molar-refractivity contribution < 1.29 is 0 Å². The summed E-state index contributed by atoms with van der Waals surface area (Å²) in [6, 6.07) is 0.920. The molecule has 80 valence electrons. The first kappa shape index (κ1) is 11.7. The van der Waals surface area contributed by atoms with Crippen LogP contribution in [0.4, 0.5) is 0 Å². The summed E-state index contributed by atoms with van der Waals surface area (Å²) in [5.74, 6) is 0. The highest BCUT2D eigenvalue weighted by molar-refractivity contribution is 9.10. The number of aromatic nitrogens is 2.